The lowest BCUT2D eigenvalue weighted by atomic mass is 10.0. The van der Waals surface area contributed by atoms with E-state index in [0.29, 0.717) is 51.4 Å². The summed E-state index contributed by atoms with van der Waals surface area (Å²) < 4.78 is 13.5. The van der Waals surface area contributed by atoms with Crippen LogP contribution in [0.1, 0.15) is 44.9 Å². The molecule has 0 radical (unpaired) electrons. The molecule has 164 valence electrons. The molecule has 4 rings (SSSR count). The number of nitrogens with zero attached hydrogens (tertiary/aromatic N) is 2. The number of hydrogen-bond acceptors (Lipinski definition) is 5. The van der Waals surface area contributed by atoms with Gasteiger partial charge in [-0.05, 0) is 40.5 Å². The molecule has 2 aromatic carbocycles. The Balaban J connectivity index is 1.89. The Morgan fingerprint density at radius 3 is 2.62 bits per heavy atom. The number of aromatic nitrogens is 2. The van der Waals surface area contributed by atoms with Gasteiger partial charge in [-0.2, -0.15) is 0 Å². The van der Waals surface area contributed by atoms with Crippen molar-refractivity contribution in [1.29, 1.82) is 0 Å². The second kappa shape index (κ2) is 8.63. The van der Waals surface area contributed by atoms with Crippen LogP contribution in [0.25, 0.3) is 22.3 Å². The highest BCUT2D eigenvalue weighted by molar-refractivity contribution is 9.10. The van der Waals surface area contributed by atoms with Gasteiger partial charge in [0.2, 0.25) is 0 Å². The molecule has 0 fully saturated rings. The topological polar surface area (TPSA) is 94.6 Å². The first kappa shape index (κ1) is 21.8. The Morgan fingerprint density at radius 1 is 1.19 bits per heavy atom. The van der Waals surface area contributed by atoms with Crippen LogP contribution in [0.15, 0.2) is 51.4 Å². The minimum atomic E-state index is -1.01. The molecule has 32 heavy (non-hydrogen) atoms. The first-order valence-electron chi connectivity index (χ1n) is 10.0. The summed E-state index contributed by atoms with van der Waals surface area (Å²) in [5, 5.41) is 10.5. The minimum Gasteiger partial charge on any atom is -0.477 e. The number of carbonyl (C=O) groups excluding carboxylic acids is 1. The van der Waals surface area contributed by atoms with Gasteiger partial charge in [0.25, 0.3) is 0 Å². The van der Waals surface area contributed by atoms with Crippen molar-refractivity contribution in [2.75, 3.05) is 7.11 Å². The molecule has 8 heteroatoms. The Kier molecular flexibility index (Phi) is 5.88. The zero-order valence-corrected chi connectivity index (χ0v) is 19.4. The number of carboxylic acid groups (broad SMARTS) is 1. The SMILES string of the molecule is CCc1nc(C)c(C(=O)O)n1Cc1cccc2oc(-c3ccccc3C(=O)OC)c(Br)c12. The van der Waals surface area contributed by atoms with Gasteiger partial charge in [-0.25, -0.2) is 14.6 Å². The fraction of sp³-hybridized carbons (Fsp3) is 0.208. The van der Waals surface area contributed by atoms with E-state index in [-0.39, 0.29) is 5.69 Å². The molecule has 0 aliphatic carbocycles. The number of aromatic carboxylic acids is 1. The number of carboxylic acids is 1. The largest absolute Gasteiger partial charge is 0.477 e. The van der Waals surface area contributed by atoms with Crippen molar-refractivity contribution < 1.29 is 23.8 Å². The van der Waals surface area contributed by atoms with Crippen LogP contribution in [0, 0.1) is 6.92 Å². The standard InChI is InChI=1S/C24H21BrN2O5/c1-4-18-26-13(2)21(23(28)29)27(18)12-14-8-7-11-17-19(14)20(25)22(32-17)15-9-5-6-10-16(15)24(30)31-3/h5-11H,4,12H2,1-3H3,(H,28,29). The molecule has 7 nitrogen and oxygen atoms in total. The average molecular weight is 497 g/mol. The molecule has 0 saturated carbocycles. The molecule has 2 aromatic heterocycles. The molecule has 0 saturated heterocycles. The number of ether oxygens (including phenoxy) is 1. The second-order valence-electron chi connectivity index (χ2n) is 7.28. The Bertz CT molecular complexity index is 1350. The maximum Gasteiger partial charge on any atom is 0.354 e. The third kappa shape index (κ3) is 3.60. The van der Waals surface area contributed by atoms with Gasteiger partial charge in [-0.15, -0.1) is 0 Å². The molecule has 0 spiro atoms. The monoisotopic (exact) mass is 496 g/mol. The molecule has 4 aromatic rings. The maximum atomic E-state index is 12.3. The van der Waals surface area contributed by atoms with Crippen molar-refractivity contribution in [2.45, 2.75) is 26.8 Å². The molecule has 0 unspecified atom stereocenters. The maximum absolute atomic E-state index is 12.3. The molecule has 2 heterocycles. The van der Waals surface area contributed by atoms with E-state index in [1.54, 1.807) is 29.7 Å². The van der Waals surface area contributed by atoms with Crippen LogP contribution < -0.4 is 0 Å². The van der Waals surface area contributed by atoms with E-state index < -0.39 is 11.9 Å². The van der Waals surface area contributed by atoms with Crippen LogP contribution in [-0.4, -0.2) is 33.7 Å². The van der Waals surface area contributed by atoms with Crippen LogP contribution in [-0.2, 0) is 17.7 Å². The van der Waals surface area contributed by atoms with Crippen molar-refractivity contribution >= 4 is 38.8 Å². The molecule has 0 aliphatic heterocycles. The van der Waals surface area contributed by atoms with Crippen LogP contribution in [0.4, 0.5) is 0 Å². The highest BCUT2D eigenvalue weighted by Crippen LogP contribution is 2.41. The molecule has 0 atom stereocenters. The van der Waals surface area contributed by atoms with Gasteiger partial charge >= 0.3 is 11.9 Å². The molecule has 1 N–H and O–H groups in total. The van der Waals surface area contributed by atoms with Crippen LogP contribution in [0.3, 0.4) is 0 Å². The third-order valence-corrected chi connectivity index (χ3v) is 6.15. The van der Waals surface area contributed by atoms with E-state index in [4.69, 9.17) is 9.15 Å². The average Bonchev–Trinajstić information content (AvgIpc) is 3.30. The fourth-order valence-electron chi connectivity index (χ4n) is 3.97. The van der Waals surface area contributed by atoms with E-state index >= 15 is 0 Å². The predicted octanol–water partition coefficient (Wildman–Crippen LogP) is 5.46. The molecule has 0 amide bonds. The number of aryl methyl sites for hydroxylation is 2. The number of furan rings is 1. The smallest absolute Gasteiger partial charge is 0.354 e. The summed E-state index contributed by atoms with van der Waals surface area (Å²) in [4.78, 5) is 28.6. The lowest BCUT2D eigenvalue weighted by molar-refractivity contribution is 0.0600. The number of esters is 1. The van der Waals surface area contributed by atoms with Crippen LogP contribution >= 0.6 is 15.9 Å². The Hall–Kier alpha value is -3.39. The van der Waals surface area contributed by atoms with Gasteiger partial charge in [0, 0.05) is 17.4 Å². The fourth-order valence-corrected chi connectivity index (χ4v) is 4.71. The summed E-state index contributed by atoms with van der Waals surface area (Å²) in [7, 11) is 1.34. The van der Waals surface area contributed by atoms with E-state index in [0.717, 1.165) is 10.9 Å². The van der Waals surface area contributed by atoms with Crippen molar-refractivity contribution in [3.05, 3.63) is 75.3 Å². The van der Waals surface area contributed by atoms with Crippen molar-refractivity contribution in [2.24, 2.45) is 0 Å². The molecular formula is C24H21BrN2O5. The number of fused-ring (bicyclic) bond motifs is 1. The van der Waals surface area contributed by atoms with Crippen molar-refractivity contribution in [3.63, 3.8) is 0 Å². The van der Waals surface area contributed by atoms with Gasteiger partial charge in [0.05, 0.1) is 29.4 Å². The van der Waals surface area contributed by atoms with Gasteiger partial charge in [-0.3, -0.25) is 0 Å². The zero-order valence-electron chi connectivity index (χ0n) is 17.8. The van der Waals surface area contributed by atoms with Crippen LogP contribution in [0.5, 0.6) is 0 Å². The van der Waals surface area contributed by atoms with Crippen LogP contribution in [0.2, 0.25) is 0 Å². The Morgan fingerprint density at radius 2 is 1.94 bits per heavy atom. The quantitative estimate of drug-likeness (QED) is 0.356. The summed E-state index contributed by atoms with van der Waals surface area (Å²) in [5.74, 6) is -0.265. The zero-order chi connectivity index (χ0) is 23.0. The summed E-state index contributed by atoms with van der Waals surface area (Å²) in [6.07, 6.45) is 0.606. The summed E-state index contributed by atoms with van der Waals surface area (Å²) >= 11 is 3.66. The molecule has 0 aliphatic rings. The molecular weight excluding hydrogens is 476 g/mol. The van der Waals surface area contributed by atoms with E-state index in [2.05, 4.69) is 20.9 Å². The number of benzene rings is 2. The minimum absolute atomic E-state index is 0.176. The number of methoxy groups -OCH3 is 1. The highest BCUT2D eigenvalue weighted by Gasteiger charge is 2.24. The Labute approximate surface area is 192 Å². The lowest BCUT2D eigenvalue weighted by Crippen LogP contribution is -2.13. The van der Waals surface area contributed by atoms with Crippen molar-refractivity contribution in [3.8, 4) is 11.3 Å². The van der Waals surface area contributed by atoms with Gasteiger partial charge in [0.15, 0.2) is 5.69 Å². The van der Waals surface area contributed by atoms with E-state index in [1.165, 1.54) is 7.11 Å². The summed E-state index contributed by atoms with van der Waals surface area (Å²) in [6, 6.07) is 12.7. The second-order valence-corrected chi connectivity index (χ2v) is 8.07. The number of hydrogen-bond donors (Lipinski definition) is 1. The normalized spacial score (nSPS) is 11.1. The van der Waals surface area contributed by atoms with Gasteiger partial charge in [0.1, 0.15) is 17.2 Å². The summed E-state index contributed by atoms with van der Waals surface area (Å²) in [5.41, 5.74) is 3.15. The van der Waals surface area contributed by atoms with E-state index in [1.807, 2.05) is 31.2 Å². The number of carbonyl (C=O) groups is 2. The number of imidazole rings is 1. The van der Waals surface area contributed by atoms with E-state index in [9.17, 15) is 14.7 Å². The first-order chi connectivity index (χ1) is 15.4. The van der Waals surface area contributed by atoms with Gasteiger partial charge < -0.3 is 18.8 Å². The predicted molar refractivity (Wildman–Crippen MR) is 123 cm³/mol. The number of rotatable bonds is 6. The first-order valence-corrected chi connectivity index (χ1v) is 10.8. The number of halogens is 1. The lowest BCUT2D eigenvalue weighted by Gasteiger charge is -2.11. The third-order valence-electron chi connectivity index (χ3n) is 5.39. The van der Waals surface area contributed by atoms with Crippen molar-refractivity contribution in [1.82, 2.24) is 9.55 Å². The molecule has 0 bridgehead atoms. The van der Waals surface area contributed by atoms with Gasteiger partial charge in [-0.1, -0.05) is 37.3 Å². The highest BCUT2D eigenvalue weighted by atomic mass is 79.9. The summed E-state index contributed by atoms with van der Waals surface area (Å²) in [6.45, 7) is 3.97.